The molecule has 0 heterocycles. The molecular formula is C13H11O-. The van der Waals surface area contributed by atoms with Crippen LogP contribution in [0.15, 0.2) is 54.6 Å². The van der Waals surface area contributed by atoms with Crippen molar-refractivity contribution in [2.45, 2.75) is 6.42 Å². The Kier molecular flexibility index (Phi) is 2.50. The zero-order valence-corrected chi connectivity index (χ0v) is 7.81. The molecule has 0 saturated carbocycles. The highest BCUT2D eigenvalue weighted by atomic mass is 16.3. The van der Waals surface area contributed by atoms with Crippen LogP contribution < -0.4 is 5.11 Å². The molecule has 1 heteroatoms. The SMILES string of the molecule is [O-]c1ccccc1Cc1ccccc1. The lowest BCUT2D eigenvalue weighted by Crippen LogP contribution is -1.97. The summed E-state index contributed by atoms with van der Waals surface area (Å²) in [7, 11) is 0. The lowest BCUT2D eigenvalue weighted by Gasteiger charge is -2.12. The van der Waals surface area contributed by atoms with Crippen LogP contribution in [0.25, 0.3) is 0 Å². The minimum absolute atomic E-state index is 0.122. The topological polar surface area (TPSA) is 23.1 Å². The lowest BCUT2D eigenvalue weighted by molar-refractivity contribution is -0.269. The van der Waals surface area contributed by atoms with Gasteiger partial charge >= 0.3 is 0 Å². The lowest BCUT2D eigenvalue weighted by atomic mass is 10.0. The van der Waals surface area contributed by atoms with Crippen molar-refractivity contribution in [3.05, 3.63) is 65.7 Å². The third kappa shape index (κ3) is 1.94. The highest BCUT2D eigenvalue weighted by Crippen LogP contribution is 2.16. The maximum absolute atomic E-state index is 11.4. The van der Waals surface area contributed by atoms with Crippen LogP contribution in [0.4, 0.5) is 0 Å². The highest BCUT2D eigenvalue weighted by Gasteiger charge is 1.94. The molecule has 0 bridgehead atoms. The summed E-state index contributed by atoms with van der Waals surface area (Å²) >= 11 is 0. The van der Waals surface area contributed by atoms with Crippen LogP contribution >= 0.6 is 0 Å². The Bertz CT molecular complexity index is 407. The van der Waals surface area contributed by atoms with Crippen LogP contribution in [0.2, 0.25) is 0 Å². The molecule has 0 fully saturated rings. The smallest absolute Gasteiger partial charge is 0.00318 e. The molecule has 2 aromatic rings. The molecule has 0 aliphatic heterocycles. The van der Waals surface area contributed by atoms with E-state index in [1.807, 2.05) is 42.5 Å². The Labute approximate surface area is 83.6 Å². The van der Waals surface area contributed by atoms with Gasteiger partial charge in [0.25, 0.3) is 0 Å². The largest absolute Gasteiger partial charge is 0.872 e. The molecule has 70 valence electrons. The molecule has 2 rings (SSSR count). The normalized spacial score (nSPS) is 10.0. The summed E-state index contributed by atoms with van der Waals surface area (Å²) in [4.78, 5) is 0. The zero-order chi connectivity index (χ0) is 9.80. The molecule has 14 heavy (non-hydrogen) atoms. The second-order valence-electron chi connectivity index (χ2n) is 3.27. The maximum Gasteiger partial charge on any atom is -0.00318 e. The van der Waals surface area contributed by atoms with Gasteiger partial charge in [-0.2, -0.15) is 0 Å². The monoisotopic (exact) mass is 183 g/mol. The van der Waals surface area contributed by atoms with E-state index in [0.29, 0.717) is 0 Å². The molecule has 0 amide bonds. The average molecular weight is 183 g/mol. The number of hydrogen-bond donors (Lipinski definition) is 0. The molecule has 0 aliphatic rings. The summed E-state index contributed by atoms with van der Waals surface area (Å²) in [5.74, 6) is 0.122. The molecule has 2 aromatic carbocycles. The summed E-state index contributed by atoms with van der Waals surface area (Å²) in [6.45, 7) is 0. The van der Waals surface area contributed by atoms with Crippen molar-refractivity contribution in [2.75, 3.05) is 0 Å². The van der Waals surface area contributed by atoms with Crippen molar-refractivity contribution in [2.24, 2.45) is 0 Å². The van der Waals surface area contributed by atoms with Crippen molar-refractivity contribution in [1.82, 2.24) is 0 Å². The van der Waals surface area contributed by atoms with E-state index in [1.54, 1.807) is 12.1 Å². The van der Waals surface area contributed by atoms with Crippen molar-refractivity contribution in [1.29, 1.82) is 0 Å². The summed E-state index contributed by atoms with van der Waals surface area (Å²) in [5, 5.41) is 11.4. The van der Waals surface area contributed by atoms with Crippen molar-refractivity contribution in [3.63, 3.8) is 0 Å². The summed E-state index contributed by atoms with van der Waals surface area (Å²) in [5.41, 5.74) is 2.04. The molecular weight excluding hydrogens is 172 g/mol. The molecule has 0 atom stereocenters. The first-order valence-corrected chi connectivity index (χ1v) is 4.65. The van der Waals surface area contributed by atoms with E-state index in [2.05, 4.69) is 0 Å². The zero-order valence-electron chi connectivity index (χ0n) is 7.81. The van der Waals surface area contributed by atoms with Gasteiger partial charge in [0, 0.05) is 0 Å². The summed E-state index contributed by atoms with van der Waals surface area (Å²) < 4.78 is 0. The predicted octanol–water partition coefficient (Wildman–Crippen LogP) is 2.35. The summed E-state index contributed by atoms with van der Waals surface area (Å²) in [6.07, 6.45) is 0.723. The number of rotatable bonds is 2. The maximum atomic E-state index is 11.4. The van der Waals surface area contributed by atoms with Crippen molar-refractivity contribution >= 4 is 0 Å². The third-order valence-electron chi connectivity index (χ3n) is 2.21. The van der Waals surface area contributed by atoms with Gasteiger partial charge in [-0.15, -0.1) is 5.75 Å². The van der Waals surface area contributed by atoms with Crippen LogP contribution in [-0.2, 0) is 6.42 Å². The first-order chi connectivity index (χ1) is 6.86. The van der Waals surface area contributed by atoms with Gasteiger partial charge in [-0.05, 0) is 12.0 Å². The fourth-order valence-corrected chi connectivity index (χ4v) is 1.47. The predicted molar refractivity (Wildman–Crippen MR) is 55.1 cm³/mol. The van der Waals surface area contributed by atoms with Gasteiger partial charge in [-0.25, -0.2) is 0 Å². The molecule has 1 nitrogen and oxygen atoms in total. The van der Waals surface area contributed by atoms with E-state index >= 15 is 0 Å². The number of para-hydroxylation sites is 1. The van der Waals surface area contributed by atoms with Crippen LogP contribution in [0.3, 0.4) is 0 Å². The molecule has 0 aromatic heterocycles. The second-order valence-corrected chi connectivity index (χ2v) is 3.27. The van der Waals surface area contributed by atoms with Gasteiger partial charge in [0.05, 0.1) is 0 Å². The minimum Gasteiger partial charge on any atom is -0.872 e. The molecule has 0 spiro atoms. The van der Waals surface area contributed by atoms with Crippen LogP contribution in [0.5, 0.6) is 5.75 Å². The average Bonchev–Trinajstić information content (AvgIpc) is 2.23. The van der Waals surface area contributed by atoms with E-state index in [0.717, 1.165) is 12.0 Å². The Balaban J connectivity index is 2.24. The molecule has 0 radical (unpaired) electrons. The van der Waals surface area contributed by atoms with Gasteiger partial charge < -0.3 is 5.11 Å². The fourth-order valence-electron chi connectivity index (χ4n) is 1.47. The first-order valence-electron chi connectivity index (χ1n) is 4.65. The van der Waals surface area contributed by atoms with Gasteiger partial charge in [-0.3, -0.25) is 0 Å². The fraction of sp³-hybridized carbons (Fsp3) is 0.0769. The number of hydrogen-bond acceptors (Lipinski definition) is 1. The quantitative estimate of drug-likeness (QED) is 0.700. The Hall–Kier alpha value is -1.76. The standard InChI is InChI=1S/C13H12O/c14-13-9-5-4-8-12(13)10-11-6-2-1-3-7-11/h1-9,14H,10H2/p-1. The first kappa shape index (κ1) is 8.82. The highest BCUT2D eigenvalue weighted by molar-refractivity contribution is 5.35. The van der Waals surface area contributed by atoms with Gasteiger partial charge in [0.15, 0.2) is 0 Å². The van der Waals surface area contributed by atoms with Crippen molar-refractivity contribution in [3.8, 4) is 5.75 Å². The van der Waals surface area contributed by atoms with E-state index in [4.69, 9.17) is 0 Å². The Morgan fingerprint density at radius 3 is 2.14 bits per heavy atom. The van der Waals surface area contributed by atoms with Crippen LogP contribution in [0.1, 0.15) is 11.1 Å². The van der Waals surface area contributed by atoms with Gasteiger partial charge in [-0.1, -0.05) is 60.2 Å². The Morgan fingerprint density at radius 1 is 0.786 bits per heavy atom. The van der Waals surface area contributed by atoms with E-state index in [1.165, 1.54) is 5.56 Å². The van der Waals surface area contributed by atoms with Crippen LogP contribution in [-0.4, -0.2) is 0 Å². The van der Waals surface area contributed by atoms with Gasteiger partial charge in [0.1, 0.15) is 0 Å². The van der Waals surface area contributed by atoms with Crippen LogP contribution in [0, 0.1) is 0 Å². The minimum atomic E-state index is 0.122. The van der Waals surface area contributed by atoms with Gasteiger partial charge in [0.2, 0.25) is 0 Å². The van der Waals surface area contributed by atoms with E-state index < -0.39 is 0 Å². The third-order valence-corrected chi connectivity index (χ3v) is 2.21. The number of benzene rings is 2. The summed E-state index contributed by atoms with van der Waals surface area (Å²) in [6, 6.07) is 17.2. The molecule has 0 saturated heterocycles. The second kappa shape index (κ2) is 3.97. The molecule has 0 unspecified atom stereocenters. The van der Waals surface area contributed by atoms with E-state index in [-0.39, 0.29) is 5.75 Å². The van der Waals surface area contributed by atoms with Crippen molar-refractivity contribution < 1.29 is 5.11 Å². The van der Waals surface area contributed by atoms with E-state index in [9.17, 15) is 5.11 Å². The molecule has 0 N–H and O–H groups in total. The Morgan fingerprint density at radius 2 is 1.43 bits per heavy atom. The molecule has 0 aliphatic carbocycles.